The Bertz CT molecular complexity index is 743. The molecule has 2 aliphatic rings. The van der Waals surface area contributed by atoms with Gasteiger partial charge in [0.2, 0.25) is 10.0 Å². The molecule has 2 unspecified atom stereocenters. The minimum absolute atomic E-state index is 0.0441. The van der Waals surface area contributed by atoms with E-state index in [0.29, 0.717) is 17.5 Å². The Morgan fingerprint density at radius 2 is 2.00 bits per heavy atom. The highest BCUT2D eigenvalue weighted by atomic mass is 32.2. The van der Waals surface area contributed by atoms with Gasteiger partial charge in [0.15, 0.2) is 0 Å². The number of rotatable bonds is 5. The van der Waals surface area contributed by atoms with Gasteiger partial charge >= 0.3 is 0 Å². The van der Waals surface area contributed by atoms with Crippen molar-refractivity contribution in [2.24, 2.45) is 5.92 Å². The Labute approximate surface area is 150 Å². The van der Waals surface area contributed by atoms with Crippen LogP contribution in [-0.4, -0.2) is 38.4 Å². The van der Waals surface area contributed by atoms with E-state index in [1.54, 1.807) is 12.1 Å². The van der Waals surface area contributed by atoms with E-state index in [1.807, 2.05) is 4.90 Å². The first kappa shape index (κ1) is 18.1. The monoisotopic (exact) mass is 362 g/mol. The summed E-state index contributed by atoms with van der Waals surface area (Å²) in [6, 6.07) is 6.66. The van der Waals surface area contributed by atoms with Crippen LogP contribution in [0.2, 0.25) is 0 Å². The Balaban J connectivity index is 1.82. The second kappa shape index (κ2) is 7.70. The van der Waals surface area contributed by atoms with Gasteiger partial charge in [0.25, 0.3) is 5.91 Å². The zero-order valence-electron chi connectivity index (χ0n) is 14.5. The lowest BCUT2D eigenvalue weighted by Gasteiger charge is -2.44. The maximum atomic E-state index is 13.0. The van der Waals surface area contributed by atoms with E-state index < -0.39 is 10.0 Å². The highest BCUT2D eigenvalue weighted by molar-refractivity contribution is 7.89. The number of hydrogen-bond acceptors (Lipinski definition) is 3. The number of benzene rings is 1. The molecule has 1 aliphatic heterocycles. The number of carbonyl (C=O) groups excluding carboxylic acids is 1. The van der Waals surface area contributed by atoms with E-state index in [1.165, 1.54) is 43.9 Å². The first-order valence-corrected chi connectivity index (χ1v) is 10.5. The predicted octanol–water partition coefficient (Wildman–Crippen LogP) is 2.95. The van der Waals surface area contributed by atoms with Crippen LogP contribution in [0.25, 0.3) is 0 Å². The van der Waals surface area contributed by atoms with E-state index >= 15 is 0 Å². The highest BCUT2D eigenvalue weighted by Gasteiger charge is 2.36. The van der Waals surface area contributed by atoms with Crippen LogP contribution in [0.3, 0.4) is 0 Å². The molecule has 25 heavy (non-hydrogen) atoms. The largest absolute Gasteiger partial charge is 0.335 e. The van der Waals surface area contributed by atoms with Crippen LogP contribution in [-0.2, 0) is 10.0 Å². The summed E-state index contributed by atoms with van der Waals surface area (Å²) in [4.78, 5) is 15.1. The average Bonchev–Trinajstić information content (AvgIpc) is 2.65. The quantitative estimate of drug-likeness (QED) is 0.819. The lowest BCUT2D eigenvalue weighted by molar-refractivity contribution is 0.0390. The van der Waals surface area contributed by atoms with Crippen molar-refractivity contribution in [3.8, 4) is 0 Å². The third-order valence-corrected chi connectivity index (χ3v) is 6.73. The van der Waals surface area contributed by atoms with Gasteiger partial charge in [-0.25, -0.2) is 13.1 Å². The van der Waals surface area contributed by atoms with Crippen LogP contribution in [0.1, 0.15) is 48.9 Å². The first-order chi connectivity index (χ1) is 12.0. The fourth-order valence-corrected chi connectivity index (χ4v) is 5.13. The van der Waals surface area contributed by atoms with Crippen molar-refractivity contribution in [2.75, 3.05) is 13.1 Å². The minimum atomic E-state index is -3.62. The number of amides is 1. The molecule has 1 saturated heterocycles. The van der Waals surface area contributed by atoms with Gasteiger partial charge < -0.3 is 4.90 Å². The maximum absolute atomic E-state index is 13.0. The molecule has 6 heteroatoms. The molecular weight excluding hydrogens is 336 g/mol. The van der Waals surface area contributed by atoms with E-state index in [9.17, 15) is 13.2 Å². The number of hydrogen-bond donors (Lipinski definition) is 1. The first-order valence-electron chi connectivity index (χ1n) is 9.04. The molecule has 0 radical (unpaired) electrons. The Kier molecular flexibility index (Phi) is 5.59. The molecule has 1 aromatic carbocycles. The lowest BCUT2D eigenvalue weighted by atomic mass is 9.78. The molecule has 1 saturated carbocycles. The molecule has 2 atom stereocenters. The van der Waals surface area contributed by atoms with Gasteiger partial charge in [-0.3, -0.25) is 4.79 Å². The van der Waals surface area contributed by atoms with E-state index in [-0.39, 0.29) is 17.3 Å². The number of nitrogens with zero attached hydrogens (tertiary/aromatic N) is 1. The second-order valence-electron chi connectivity index (χ2n) is 6.92. The molecule has 2 fully saturated rings. The van der Waals surface area contributed by atoms with Crippen molar-refractivity contribution < 1.29 is 13.2 Å². The summed E-state index contributed by atoms with van der Waals surface area (Å²) in [5.74, 6) is 0.560. The Hall–Kier alpha value is -1.66. The molecule has 0 bridgehead atoms. The van der Waals surface area contributed by atoms with Gasteiger partial charge in [-0.1, -0.05) is 25.0 Å². The van der Waals surface area contributed by atoms with Crippen molar-refractivity contribution in [2.45, 2.75) is 49.5 Å². The molecule has 1 heterocycles. The third kappa shape index (κ3) is 3.96. The standard InChI is InChI=1S/C19H26N2O3S/c1-2-12-20-25(23,24)17-10-5-8-16(14-17)19(22)21-13-6-9-15-7-3-4-11-18(15)21/h2,5,8,10,14-15,18,20H,1,3-4,6-7,9,11-13H2. The van der Waals surface area contributed by atoms with Crippen molar-refractivity contribution >= 4 is 15.9 Å². The van der Waals surface area contributed by atoms with E-state index in [2.05, 4.69) is 11.3 Å². The number of fused-ring (bicyclic) bond motifs is 1. The molecule has 0 aromatic heterocycles. The maximum Gasteiger partial charge on any atom is 0.254 e. The molecule has 1 N–H and O–H groups in total. The SMILES string of the molecule is C=CCNS(=O)(=O)c1cccc(C(=O)N2CCCC3CCCCC32)c1. The zero-order chi connectivity index (χ0) is 17.9. The summed E-state index contributed by atoms with van der Waals surface area (Å²) in [5, 5.41) is 0. The molecule has 1 aromatic rings. The van der Waals surface area contributed by atoms with Gasteiger partial charge in [0, 0.05) is 24.7 Å². The Morgan fingerprint density at radius 3 is 2.80 bits per heavy atom. The van der Waals surface area contributed by atoms with Gasteiger partial charge in [-0.15, -0.1) is 6.58 Å². The molecule has 5 nitrogen and oxygen atoms in total. The predicted molar refractivity (Wildman–Crippen MR) is 97.8 cm³/mol. The zero-order valence-corrected chi connectivity index (χ0v) is 15.3. The number of carbonyl (C=O) groups is 1. The second-order valence-corrected chi connectivity index (χ2v) is 8.69. The van der Waals surface area contributed by atoms with Crippen LogP contribution in [0, 0.1) is 5.92 Å². The summed E-state index contributed by atoms with van der Waals surface area (Å²) < 4.78 is 27.0. The normalized spacial score (nSPS) is 23.8. The van der Waals surface area contributed by atoms with Gasteiger partial charge in [-0.05, 0) is 49.8 Å². The lowest BCUT2D eigenvalue weighted by Crippen LogP contribution is -2.49. The van der Waals surface area contributed by atoms with Crippen LogP contribution < -0.4 is 4.72 Å². The third-order valence-electron chi connectivity index (χ3n) is 5.31. The van der Waals surface area contributed by atoms with Crippen molar-refractivity contribution in [1.29, 1.82) is 0 Å². The van der Waals surface area contributed by atoms with Crippen molar-refractivity contribution in [1.82, 2.24) is 9.62 Å². The summed E-state index contributed by atoms with van der Waals surface area (Å²) in [6.45, 7) is 4.45. The molecule has 3 rings (SSSR count). The number of piperidine rings is 1. The number of sulfonamides is 1. The van der Waals surface area contributed by atoms with Gasteiger partial charge in [-0.2, -0.15) is 0 Å². The molecule has 1 aliphatic carbocycles. The highest BCUT2D eigenvalue weighted by Crippen LogP contribution is 2.36. The minimum Gasteiger partial charge on any atom is -0.335 e. The van der Waals surface area contributed by atoms with Crippen molar-refractivity contribution in [3.05, 3.63) is 42.5 Å². The van der Waals surface area contributed by atoms with Crippen LogP contribution in [0.15, 0.2) is 41.8 Å². The topological polar surface area (TPSA) is 66.5 Å². The fourth-order valence-electron chi connectivity index (χ4n) is 4.09. The van der Waals surface area contributed by atoms with Gasteiger partial charge in [0.1, 0.15) is 0 Å². The van der Waals surface area contributed by atoms with E-state index in [0.717, 1.165) is 19.4 Å². The summed E-state index contributed by atoms with van der Waals surface area (Å²) in [7, 11) is -3.62. The molecule has 0 spiro atoms. The fraction of sp³-hybridized carbons (Fsp3) is 0.526. The van der Waals surface area contributed by atoms with Crippen LogP contribution >= 0.6 is 0 Å². The molecule has 1 amide bonds. The summed E-state index contributed by atoms with van der Waals surface area (Å²) in [5.41, 5.74) is 0.452. The molecular formula is C19H26N2O3S. The Morgan fingerprint density at radius 1 is 1.24 bits per heavy atom. The van der Waals surface area contributed by atoms with Crippen molar-refractivity contribution in [3.63, 3.8) is 0 Å². The summed E-state index contributed by atoms with van der Waals surface area (Å²) >= 11 is 0. The summed E-state index contributed by atoms with van der Waals surface area (Å²) in [6.07, 6.45) is 8.42. The van der Waals surface area contributed by atoms with Crippen LogP contribution in [0.4, 0.5) is 0 Å². The number of nitrogens with one attached hydrogen (secondary N) is 1. The van der Waals surface area contributed by atoms with Crippen LogP contribution in [0.5, 0.6) is 0 Å². The average molecular weight is 362 g/mol. The number of likely N-dealkylation sites (tertiary alicyclic amines) is 1. The molecule has 136 valence electrons. The van der Waals surface area contributed by atoms with Gasteiger partial charge in [0.05, 0.1) is 4.90 Å². The smallest absolute Gasteiger partial charge is 0.254 e. The van der Waals surface area contributed by atoms with E-state index in [4.69, 9.17) is 0 Å².